The van der Waals surface area contributed by atoms with Gasteiger partial charge in [-0.1, -0.05) is 32.1 Å². The Labute approximate surface area is 153 Å². The van der Waals surface area contributed by atoms with Crippen molar-refractivity contribution >= 4 is 17.3 Å². The molecule has 1 aliphatic carbocycles. The number of carbonyl (C=O) groups excluding carboxylic acids is 1. The van der Waals surface area contributed by atoms with Crippen molar-refractivity contribution in [2.75, 3.05) is 19.5 Å². The van der Waals surface area contributed by atoms with Crippen molar-refractivity contribution in [2.24, 2.45) is 11.7 Å². The Kier molecular flexibility index (Phi) is 7.35. The van der Waals surface area contributed by atoms with Crippen LogP contribution >= 0.6 is 0 Å². The Morgan fingerprint density at radius 3 is 2.62 bits per heavy atom. The summed E-state index contributed by atoms with van der Waals surface area (Å²) in [5.74, 6) is 0.408. The van der Waals surface area contributed by atoms with Crippen LogP contribution in [-0.4, -0.2) is 37.2 Å². The maximum absolute atomic E-state index is 12.6. The predicted molar refractivity (Wildman–Crippen MR) is 98.2 cm³/mol. The number of amides is 1. The van der Waals surface area contributed by atoms with Gasteiger partial charge in [0.25, 0.3) is 11.6 Å². The van der Waals surface area contributed by atoms with Gasteiger partial charge in [-0.2, -0.15) is 0 Å². The van der Waals surface area contributed by atoms with Gasteiger partial charge in [0.2, 0.25) is 0 Å². The summed E-state index contributed by atoms with van der Waals surface area (Å²) in [5, 5.41) is 13.6. The third-order valence-corrected chi connectivity index (χ3v) is 4.88. The second-order valence-electron chi connectivity index (χ2n) is 6.69. The molecule has 3 N–H and O–H groups in total. The normalized spacial score (nSPS) is 17.3. The van der Waals surface area contributed by atoms with Crippen molar-refractivity contribution in [3.8, 4) is 5.75 Å². The average Bonchev–Trinajstić information content (AvgIpc) is 2.63. The number of nitro benzene ring substituents is 1. The molecule has 8 heteroatoms. The minimum atomic E-state index is -0.833. The van der Waals surface area contributed by atoms with E-state index in [1.807, 2.05) is 0 Å². The molecular weight excluding hydrogens is 338 g/mol. The number of nitrogens with two attached hydrogens (primary N) is 1. The van der Waals surface area contributed by atoms with E-state index in [4.69, 9.17) is 15.2 Å². The highest BCUT2D eigenvalue weighted by molar-refractivity contribution is 5.96. The quantitative estimate of drug-likeness (QED) is 0.540. The van der Waals surface area contributed by atoms with Crippen LogP contribution in [0.25, 0.3) is 0 Å². The topological polar surface area (TPSA) is 117 Å². The fourth-order valence-electron chi connectivity index (χ4n) is 3.52. The lowest BCUT2D eigenvalue weighted by molar-refractivity contribution is -0.384. The van der Waals surface area contributed by atoms with E-state index < -0.39 is 23.0 Å². The van der Waals surface area contributed by atoms with Gasteiger partial charge in [-0.15, -0.1) is 0 Å². The number of nitro groups is 1. The number of hydrogen-bond acceptors (Lipinski definition) is 6. The van der Waals surface area contributed by atoms with Crippen molar-refractivity contribution in [3.05, 3.63) is 28.3 Å². The minimum absolute atomic E-state index is 0.137. The summed E-state index contributed by atoms with van der Waals surface area (Å²) in [6.45, 7) is 0. The average molecular weight is 365 g/mol. The molecule has 1 amide bonds. The fourth-order valence-corrected chi connectivity index (χ4v) is 3.52. The number of non-ortho nitro benzene ring substituents is 1. The van der Waals surface area contributed by atoms with Crippen molar-refractivity contribution < 1.29 is 19.2 Å². The molecule has 26 heavy (non-hydrogen) atoms. The second-order valence-corrected chi connectivity index (χ2v) is 6.69. The summed E-state index contributed by atoms with van der Waals surface area (Å²) in [6, 6.07) is 3.58. The van der Waals surface area contributed by atoms with Crippen LogP contribution in [0.3, 0.4) is 0 Å². The first-order chi connectivity index (χ1) is 12.5. The van der Waals surface area contributed by atoms with E-state index in [1.165, 1.54) is 51.7 Å². The number of methoxy groups -OCH3 is 2. The summed E-state index contributed by atoms with van der Waals surface area (Å²) in [7, 11) is 2.87. The lowest BCUT2D eigenvalue weighted by Crippen LogP contribution is -2.46. The van der Waals surface area contributed by atoms with Gasteiger partial charge in [0.1, 0.15) is 5.75 Å². The third-order valence-electron chi connectivity index (χ3n) is 4.88. The van der Waals surface area contributed by atoms with Crippen LogP contribution in [0.15, 0.2) is 18.2 Å². The highest BCUT2D eigenvalue weighted by atomic mass is 16.6. The molecule has 0 radical (unpaired) electrons. The fraction of sp³-hybridized carbons (Fsp3) is 0.611. The first kappa shape index (κ1) is 20.1. The van der Waals surface area contributed by atoms with Gasteiger partial charge in [0, 0.05) is 25.3 Å². The number of rotatable bonds is 8. The third kappa shape index (κ3) is 5.15. The van der Waals surface area contributed by atoms with Crippen LogP contribution in [0.4, 0.5) is 11.4 Å². The summed E-state index contributed by atoms with van der Waals surface area (Å²) in [6.07, 6.45) is 5.80. The van der Waals surface area contributed by atoms with Gasteiger partial charge in [-0.3, -0.25) is 14.9 Å². The molecule has 144 valence electrons. The minimum Gasteiger partial charge on any atom is -0.495 e. The highest BCUT2D eigenvalue weighted by Gasteiger charge is 2.29. The maximum atomic E-state index is 12.6. The second kappa shape index (κ2) is 9.49. The largest absolute Gasteiger partial charge is 0.495 e. The molecule has 0 bridgehead atoms. The lowest BCUT2D eigenvalue weighted by atomic mass is 9.84. The van der Waals surface area contributed by atoms with Crippen LogP contribution in [0.2, 0.25) is 0 Å². The molecule has 0 saturated heterocycles. The van der Waals surface area contributed by atoms with Gasteiger partial charge in [0.05, 0.1) is 17.7 Å². The highest BCUT2D eigenvalue weighted by Crippen LogP contribution is 2.30. The number of ether oxygens (including phenoxy) is 2. The van der Waals surface area contributed by atoms with E-state index in [-0.39, 0.29) is 11.4 Å². The molecule has 1 aliphatic rings. The van der Waals surface area contributed by atoms with E-state index in [0.717, 1.165) is 19.3 Å². The predicted octanol–water partition coefficient (Wildman–Crippen LogP) is 2.85. The molecule has 2 rings (SSSR count). The molecule has 8 nitrogen and oxygen atoms in total. The Hall–Kier alpha value is -2.19. The first-order valence-electron chi connectivity index (χ1n) is 8.88. The van der Waals surface area contributed by atoms with Crippen molar-refractivity contribution in [1.29, 1.82) is 0 Å². The van der Waals surface area contributed by atoms with Crippen molar-refractivity contribution in [3.63, 3.8) is 0 Å². The molecule has 1 unspecified atom stereocenters. The molecule has 0 heterocycles. The van der Waals surface area contributed by atoms with E-state index >= 15 is 0 Å². The van der Waals surface area contributed by atoms with Crippen LogP contribution < -0.4 is 15.8 Å². The lowest BCUT2D eigenvalue weighted by Gasteiger charge is -2.28. The maximum Gasteiger partial charge on any atom is 0.271 e. The molecule has 0 aromatic heterocycles. The standard InChI is InChI=1S/C18H27N3O5/c1-25-16-9-8-13(21(23)24)11-15(16)20-18(22)17(26-2)14(19)10-12-6-4-3-5-7-12/h8-9,11-12,14,17H,3-7,10,19H2,1-2H3,(H,20,22)/t14-,17?/m1/s1. The van der Waals surface area contributed by atoms with Crippen molar-refractivity contribution in [2.45, 2.75) is 50.7 Å². The molecule has 0 spiro atoms. The number of nitrogens with one attached hydrogen (secondary N) is 1. The van der Waals surface area contributed by atoms with E-state index in [2.05, 4.69) is 5.32 Å². The van der Waals surface area contributed by atoms with E-state index in [0.29, 0.717) is 11.7 Å². The zero-order valence-corrected chi connectivity index (χ0v) is 15.3. The summed E-state index contributed by atoms with van der Waals surface area (Å²) in [5.41, 5.74) is 6.32. The first-order valence-corrected chi connectivity index (χ1v) is 8.88. The molecular formula is C18H27N3O5. The number of carbonyl (C=O) groups is 1. The molecule has 1 aromatic carbocycles. The number of anilines is 1. The van der Waals surface area contributed by atoms with Crippen LogP contribution in [0.1, 0.15) is 38.5 Å². The zero-order chi connectivity index (χ0) is 19.1. The van der Waals surface area contributed by atoms with Gasteiger partial charge in [-0.25, -0.2) is 0 Å². The summed E-state index contributed by atoms with van der Waals surface area (Å²) >= 11 is 0. The van der Waals surface area contributed by atoms with Crippen LogP contribution in [0, 0.1) is 16.0 Å². The Morgan fingerprint density at radius 2 is 2.04 bits per heavy atom. The van der Waals surface area contributed by atoms with Crippen molar-refractivity contribution in [1.82, 2.24) is 0 Å². The Morgan fingerprint density at radius 1 is 1.35 bits per heavy atom. The van der Waals surface area contributed by atoms with E-state index in [1.54, 1.807) is 0 Å². The summed E-state index contributed by atoms with van der Waals surface area (Å²) in [4.78, 5) is 23.1. The van der Waals surface area contributed by atoms with Gasteiger partial charge in [0.15, 0.2) is 6.10 Å². The number of benzene rings is 1. The smallest absolute Gasteiger partial charge is 0.271 e. The van der Waals surface area contributed by atoms with Crippen LogP contribution in [0.5, 0.6) is 5.75 Å². The molecule has 0 aliphatic heterocycles. The number of hydrogen-bond donors (Lipinski definition) is 2. The van der Waals surface area contributed by atoms with E-state index in [9.17, 15) is 14.9 Å². The number of nitrogens with zero attached hydrogens (tertiary/aromatic N) is 1. The molecule has 1 saturated carbocycles. The Balaban J connectivity index is 2.08. The molecule has 1 fully saturated rings. The summed E-state index contributed by atoms with van der Waals surface area (Å²) < 4.78 is 10.5. The monoisotopic (exact) mass is 365 g/mol. The molecule has 2 atom stereocenters. The van der Waals surface area contributed by atoms with Gasteiger partial charge < -0.3 is 20.5 Å². The zero-order valence-electron chi connectivity index (χ0n) is 15.3. The molecule has 1 aromatic rings. The Bertz CT molecular complexity index is 631. The van der Waals surface area contributed by atoms with Gasteiger partial charge in [-0.05, 0) is 18.4 Å². The van der Waals surface area contributed by atoms with Gasteiger partial charge >= 0.3 is 0 Å². The van der Waals surface area contributed by atoms with Crippen LogP contribution in [-0.2, 0) is 9.53 Å². The SMILES string of the molecule is COc1ccc([N+](=O)[O-])cc1NC(=O)C(OC)[C@H](N)CC1CCCCC1.